The lowest BCUT2D eigenvalue weighted by Gasteiger charge is -1.88. The average molecular weight is 185 g/mol. The first-order valence-corrected chi connectivity index (χ1v) is 4.22. The van der Waals surface area contributed by atoms with Crippen molar-refractivity contribution < 1.29 is 4.79 Å². The van der Waals surface area contributed by atoms with Crippen molar-refractivity contribution in [3.8, 4) is 0 Å². The highest BCUT2D eigenvalue weighted by Crippen LogP contribution is 2.24. The minimum Gasteiger partial charge on any atom is -0.307 e. The van der Waals surface area contributed by atoms with Crippen LogP contribution in [0.15, 0.2) is 23.1 Å². The van der Waals surface area contributed by atoms with Crippen molar-refractivity contribution in [2.24, 2.45) is 0 Å². The fourth-order valence-corrected chi connectivity index (χ4v) is 1.75. The van der Waals surface area contributed by atoms with E-state index in [2.05, 4.69) is 11.9 Å². The van der Waals surface area contributed by atoms with Crippen LogP contribution in [0.25, 0.3) is 0 Å². The molecule has 0 radical (unpaired) electrons. The Bertz CT molecular complexity index is 268. The second-order valence-corrected chi connectivity index (χ2v) is 3.92. The zero-order valence-electron chi connectivity index (χ0n) is 6.01. The molecule has 0 saturated carbocycles. The van der Waals surface area contributed by atoms with E-state index in [1.54, 1.807) is 6.08 Å². The maximum Gasteiger partial charge on any atom is 0.263 e. The molecule has 2 nitrogen and oxygen atoms in total. The number of hydrogen-bond donors (Lipinski definition) is 1. The van der Waals surface area contributed by atoms with Gasteiger partial charge in [0.1, 0.15) is 4.32 Å². The predicted molar refractivity (Wildman–Crippen MR) is 51.2 cm³/mol. The van der Waals surface area contributed by atoms with Crippen LogP contribution < -0.4 is 5.32 Å². The van der Waals surface area contributed by atoms with E-state index in [1.165, 1.54) is 11.8 Å². The maximum absolute atomic E-state index is 11.0. The molecule has 0 aromatic rings. The monoisotopic (exact) mass is 185 g/mol. The van der Waals surface area contributed by atoms with Gasteiger partial charge < -0.3 is 5.32 Å². The topological polar surface area (TPSA) is 29.1 Å². The summed E-state index contributed by atoms with van der Waals surface area (Å²) < 4.78 is 0.516. The van der Waals surface area contributed by atoms with Crippen LogP contribution in [0.1, 0.15) is 6.92 Å². The normalized spacial score (nSPS) is 20.6. The fourth-order valence-electron chi connectivity index (χ4n) is 0.645. The largest absolute Gasteiger partial charge is 0.307 e. The highest BCUT2D eigenvalue weighted by Gasteiger charge is 2.21. The van der Waals surface area contributed by atoms with Crippen molar-refractivity contribution in [2.75, 3.05) is 0 Å². The van der Waals surface area contributed by atoms with Gasteiger partial charge in [0.05, 0.1) is 4.91 Å². The molecule has 1 rings (SSSR count). The summed E-state index contributed by atoms with van der Waals surface area (Å²) in [5.41, 5.74) is 0.854. The standard InChI is InChI=1S/C7H7NOS2/c1-4(2)3-5-6(9)8-7(10)11-5/h3H,1H2,2H3,(H,8,9,10)/b5-3+. The molecule has 1 saturated heterocycles. The first-order chi connectivity index (χ1) is 5.09. The fraction of sp³-hybridized carbons (Fsp3) is 0.143. The second-order valence-electron chi connectivity index (χ2n) is 2.20. The van der Waals surface area contributed by atoms with Crippen molar-refractivity contribution in [3.05, 3.63) is 23.1 Å². The Morgan fingerprint density at radius 2 is 2.45 bits per heavy atom. The zero-order valence-corrected chi connectivity index (χ0v) is 7.64. The Hall–Kier alpha value is -0.610. The molecule has 1 aliphatic rings. The van der Waals surface area contributed by atoms with Gasteiger partial charge in [0.15, 0.2) is 0 Å². The summed E-state index contributed by atoms with van der Waals surface area (Å²) in [5.74, 6) is -0.122. The Labute approximate surface area is 74.7 Å². The molecular formula is C7H7NOS2. The smallest absolute Gasteiger partial charge is 0.263 e. The molecule has 1 N–H and O–H groups in total. The Balaban J connectivity index is 2.83. The molecule has 11 heavy (non-hydrogen) atoms. The molecule has 0 aromatic heterocycles. The Kier molecular flexibility index (Phi) is 2.46. The van der Waals surface area contributed by atoms with Gasteiger partial charge in [-0.3, -0.25) is 4.79 Å². The molecule has 1 fully saturated rings. The summed E-state index contributed by atoms with van der Waals surface area (Å²) in [5, 5.41) is 2.52. The van der Waals surface area contributed by atoms with E-state index in [1.807, 2.05) is 6.92 Å². The lowest BCUT2D eigenvalue weighted by Crippen LogP contribution is -2.17. The van der Waals surface area contributed by atoms with E-state index in [-0.39, 0.29) is 5.91 Å². The van der Waals surface area contributed by atoms with Gasteiger partial charge in [0, 0.05) is 0 Å². The number of carbonyl (C=O) groups is 1. The van der Waals surface area contributed by atoms with Crippen LogP contribution in [0, 0.1) is 0 Å². The van der Waals surface area contributed by atoms with Crippen LogP contribution >= 0.6 is 24.0 Å². The molecule has 0 spiro atoms. The quantitative estimate of drug-likeness (QED) is 0.497. The van der Waals surface area contributed by atoms with Gasteiger partial charge in [-0.2, -0.15) is 0 Å². The van der Waals surface area contributed by atoms with E-state index in [0.29, 0.717) is 9.23 Å². The van der Waals surface area contributed by atoms with Gasteiger partial charge in [-0.05, 0) is 13.0 Å². The summed E-state index contributed by atoms with van der Waals surface area (Å²) >= 11 is 6.06. The van der Waals surface area contributed by atoms with Crippen LogP contribution in [0.3, 0.4) is 0 Å². The number of thiocarbonyl (C=S) groups is 1. The van der Waals surface area contributed by atoms with Crippen molar-refractivity contribution >= 4 is 34.2 Å². The Morgan fingerprint density at radius 1 is 1.82 bits per heavy atom. The first-order valence-electron chi connectivity index (χ1n) is 3.00. The van der Waals surface area contributed by atoms with E-state index in [0.717, 1.165) is 5.57 Å². The van der Waals surface area contributed by atoms with Crippen molar-refractivity contribution in [1.29, 1.82) is 0 Å². The molecule has 1 heterocycles. The molecule has 4 heteroatoms. The Morgan fingerprint density at radius 3 is 2.82 bits per heavy atom. The van der Waals surface area contributed by atoms with E-state index < -0.39 is 0 Å². The number of rotatable bonds is 1. The third-order valence-electron chi connectivity index (χ3n) is 1.02. The van der Waals surface area contributed by atoms with E-state index in [4.69, 9.17) is 12.2 Å². The highest BCUT2D eigenvalue weighted by molar-refractivity contribution is 8.26. The molecule has 0 unspecified atom stereocenters. The van der Waals surface area contributed by atoms with Crippen LogP contribution in [0.5, 0.6) is 0 Å². The van der Waals surface area contributed by atoms with Gasteiger partial charge >= 0.3 is 0 Å². The van der Waals surface area contributed by atoms with Crippen LogP contribution in [-0.4, -0.2) is 10.2 Å². The number of thioether (sulfide) groups is 1. The summed E-state index contributed by atoms with van der Waals surface area (Å²) in [6, 6.07) is 0. The summed E-state index contributed by atoms with van der Waals surface area (Å²) in [6.07, 6.45) is 1.72. The second kappa shape index (κ2) is 3.19. The molecule has 58 valence electrons. The number of nitrogens with one attached hydrogen (secondary N) is 1. The molecule has 0 bridgehead atoms. The SMILES string of the molecule is C=C(C)/C=C1/SC(=S)NC1=O. The van der Waals surface area contributed by atoms with Gasteiger partial charge in [-0.1, -0.05) is 36.1 Å². The van der Waals surface area contributed by atoms with Gasteiger partial charge in [0.2, 0.25) is 0 Å². The molecule has 0 aromatic carbocycles. The summed E-state index contributed by atoms with van der Waals surface area (Å²) in [7, 11) is 0. The van der Waals surface area contributed by atoms with Crippen molar-refractivity contribution in [1.82, 2.24) is 5.32 Å². The summed E-state index contributed by atoms with van der Waals surface area (Å²) in [6.45, 7) is 5.50. The van der Waals surface area contributed by atoms with Crippen LogP contribution in [0.4, 0.5) is 0 Å². The maximum atomic E-state index is 11.0. The molecule has 1 aliphatic heterocycles. The van der Waals surface area contributed by atoms with Crippen LogP contribution in [-0.2, 0) is 4.79 Å². The average Bonchev–Trinajstić information content (AvgIpc) is 2.09. The lowest BCUT2D eigenvalue weighted by atomic mass is 10.3. The van der Waals surface area contributed by atoms with Crippen LogP contribution in [0.2, 0.25) is 0 Å². The van der Waals surface area contributed by atoms with Gasteiger partial charge in [0.25, 0.3) is 5.91 Å². The van der Waals surface area contributed by atoms with Gasteiger partial charge in [-0.15, -0.1) is 0 Å². The van der Waals surface area contributed by atoms with E-state index in [9.17, 15) is 4.79 Å². The number of hydrogen-bond acceptors (Lipinski definition) is 3. The minimum absolute atomic E-state index is 0.122. The van der Waals surface area contributed by atoms with Crippen molar-refractivity contribution in [2.45, 2.75) is 6.92 Å². The van der Waals surface area contributed by atoms with Crippen molar-refractivity contribution in [3.63, 3.8) is 0 Å². The number of carbonyl (C=O) groups excluding carboxylic acids is 1. The number of amides is 1. The first kappa shape index (κ1) is 8.49. The molecule has 0 atom stereocenters. The zero-order chi connectivity index (χ0) is 8.43. The third-order valence-corrected chi connectivity index (χ3v) is 2.18. The molecule has 0 aliphatic carbocycles. The lowest BCUT2D eigenvalue weighted by molar-refractivity contribution is -0.115. The number of allylic oxidation sites excluding steroid dienone is 2. The highest BCUT2D eigenvalue weighted by atomic mass is 32.2. The predicted octanol–water partition coefficient (Wildman–Crippen LogP) is 1.59. The third kappa shape index (κ3) is 2.17. The minimum atomic E-state index is -0.122. The molecule has 1 amide bonds. The van der Waals surface area contributed by atoms with E-state index >= 15 is 0 Å². The van der Waals surface area contributed by atoms with Gasteiger partial charge in [-0.25, -0.2) is 0 Å². The molecular weight excluding hydrogens is 178 g/mol. The summed E-state index contributed by atoms with van der Waals surface area (Å²) in [4.78, 5) is 11.6.